The molecule has 0 aromatic heterocycles. The summed E-state index contributed by atoms with van der Waals surface area (Å²) in [5, 5.41) is 2.81. The second-order valence-electron chi connectivity index (χ2n) is 6.17. The molecule has 0 saturated heterocycles. The molecule has 1 saturated carbocycles. The fourth-order valence-electron chi connectivity index (χ4n) is 2.80. The second-order valence-corrected chi connectivity index (χ2v) is 6.17. The third kappa shape index (κ3) is 4.42. The van der Waals surface area contributed by atoms with E-state index in [1.54, 1.807) is 18.2 Å². The molecule has 1 aromatic carbocycles. The molecule has 0 spiro atoms. The lowest BCUT2D eigenvalue weighted by Crippen LogP contribution is -2.46. The van der Waals surface area contributed by atoms with Crippen LogP contribution >= 0.6 is 24.0 Å². The second kappa shape index (κ2) is 7.88. The van der Waals surface area contributed by atoms with E-state index in [0.717, 1.165) is 6.42 Å². The van der Waals surface area contributed by atoms with Gasteiger partial charge in [-0.15, -0.1) is 24.0 Å². The highest BCUT2D eigenvalue weighted by Gasteiger charge is 2.58. The number of aliphatic imine (C=N–C) groups is 1. The summed E-state index contributed by atoms with van der Waals surface area (Å²) in [6.07, 6.45) is -2.66. The Morgan fingerprint density at radius 2 is 1.84 bits per heavy atom. The molecule has 1 aliphatic carbocycles. The van der Waals surface area contributed by atoms with E-state index in [0.29, 0.717) is 36.8 Å². The van der Waals surface area contributed by atoms with E-state index >= 15 is 0 Å². The summed E-state index contributed by atoms with van der Waals surface area (Å²) in [5.74, 6) is 1.18. The lowest BCUT2D eigenvalue weighted by atomic mass is 9.68. The van der Waals surface area contributed by atoms with Crippen LogP contribution in [0, 0.1) is 5.41 Å². The molecule has 1 aliphatic heterocycles. The Balaban J connectivity index is 0.00000225. The van der Waals surface area contributed by atoms with E-state index in [1.807, 2.05) is 0 Å². The van der Waals surface area contributed by atoms with E-state index in [1.165, 1.54) is 0 Å². The number of anilines is 1. The molecule has 5 nitrogen and oxygen atoms in total. The van der Waals surface area contributed by atoms with Crippen molar-refractivity contribution in [2.75, 3.05) is 25.1 Å². The highest BCUT2D eigenvalue weighted by atomic mass is 127. The Hall–Kier alpha value is -1.39. The van der Waals surface area contributed by atoms with Gasteiger partial charge in [0.25, 0.3) is 0 Å². The Morgan fingerprint density at radius 1 is 1.16 bits per heavy atom. The smallest absolute Gasteiger partial charge is 0.396 e. The molecule has 1 aromatic rings. The van der Waals surface area contributed by atoms with Crippen LogP contribution in [0.2, 0.25) is 0 Å². The number of benzene rings is 1. The Bertz CT molecular complexity index is 634. The third-order valence-corrected chi connectivity index (χ3v) is 4.48. The summed E-state index contributed by atoms with van der Waals surface area (Å²) in [4.78, 5) is 3.90. The predicted molar refractivity (Wildman–Crippen MR) is 99.9 cm³/mol. The number of hydrogen-bond acceptors (Lipinski definition) is 3. The first-order chi connectivity index (χ1) is 11.4. The summed E-state index contributed by atoms with van der Waals surface area (Å²) in [5.41, 5.74) is 4.62. The Labute approximate surface area is 161 Å². The summed E-state index contributed by atoms with van der Waals surface area (Å²) >= 11 is 0. The molecule has 9 heteroatoms. The van der Waals surface area contributed by atoms with Crippen molar-refractivity contribution in [3.05, 3.63) is 18.2 Å². The minimum absolute atomic E-state index is 0. The Kier molecular flexibility index (Phi) is 6.28. The number of nitrogens with zero attached hydrogens (tertiary/aromatic N) is 1. The molecule has 3 rings (SSSR count). The van der Waals surface area contributed by atoms with Crippen molar-refractivity contribution in [3.63, 3.8) is 0 Å². The van der Waals surface area contributed by atoms with Crippen LogP contribution in [-0.2, 0) is 0 Å². The van der Waals surface area contributed by atoms with Gasteiger partial charge < -0.3 is 20.5 Å². The van der Waals surface area contributed by atoms with Crippen molar-refractivity contribution in [3.8, 4) is 11.5 Å². The van der Waals surface area contributed by atoms with Gasteiger partial charge in [0.15, 0.2) is 17.5 Å². The fourth-order valence-corrected chi connectivity index (χ4v) is 2.80. The number of nitrogens with two attached hydrogens (primary N) is 1. The lowest BCUT2D eigenvalue weighted by Gasteiger charge is -2.41. The molecule has 0 bridgehead atoms. The van der Waals surface area contributed by atoms with Crippen LogP contribution in [0.5, 0.6) is 11.5 Å². The maximum Gasteiger partial charge on any atom is 0.396 e. The molecule has 0 atom stereocenters. The van der Waals surface area contributed by atoms with Gasteiger partial charge in [0.1, 0.15) is 0 Å². The number of rotatable bonds is 3. The van der Waals surface area contributed by atoms with Crippen LogP contribution in [0.25, 0.3) is 0 Å². The van der Waals surface area contributed by atoms with E-state index in [-0.39, 0.29) is 49.3 Å². The van der Waals surface area contributed by atoms with Gasteiger partial charge in [-0.3, -0.25) is 4.99 Å². The highest BCUT2D eigenvalue weighted by Crippen LogP contribution is 2.53. The lowest BCUT2D eigenvalue weighted by molar-refractivity contribution is -0.245. The van der Waals surface area contributed by atoms with Gasteiger partial charge in [-0.1, -0.05) is 6.42 Å². The molecule has 0 unspecified atom stereocenters. The Morgan fingerprint density at radius 3 is 2.44 bits per heavy atom. The zero-order chi connectivity index (χ0) is 17.2. The highest BCUT2D eigenvalue weighted by molar-refractivity contribution is 14.0. The van der Waals surface area contributed by atoms with Crippen LogP contribution in [0.3, 0.4) is 0 Å². The van der Waals surface area contributed by atoms with Crippen LogP contribution in [-0.4, -0.2) is 31.9 Å². The van der Waals surface area contributed by atoms with E-state index < -0.39 is 11.6 Å². The fraction of sp³-hybridized carbons (Fsp3) is 0.562. The monoisotopic (exact) mass is 471 g/mol. The third-order valence-electron chi connectivity index (χ3n) is 4.48. The number of ether oxygens (including phenoxy) is 2. The topological polar surface area (TPSA) is 68.9 Å². The summed E-state index contributed by atoms with van der Waals surface area (Å²) in [6, 6.07) is 5.16. The standard InChI is InChI=1S/C16H20F3N3O2.HI/c17-16(18,19)15(5-1-6-15)10-21-14(20)22-11-3-4-12-13(9-11)24-8-2-7-23-12;/h3-4,9H,1-2,5-8,10H2,(H3,20,21,22);1H. The average molecular weight is 471 g/mol. The van der Waals surface area contributed by atoms with Gasteiger partial charge in [-0.25, -0.2) is 0 Å². The molecule has 0 radical (unpaired) electrons. The van der Waals surface area contributed by atoms with Gasteiger partial charge in [-0.2, -0.15) is 13.2 Å². The maximum absolute atomic E-state index is 13.1. The van der Waals surface area contributed by atoms with E-state index in [4.69, 9.17) is 15.2 Å². The quantitative estimate of drug-likeness (QED) is 0.399. The van der Waals surface area contributed by atoms with Gasteiger partial charge in [0.05, 0.1) is 25.2 Å². The van der Waals surface area contributed by atoms with Crippen molar-refractivity contribution < 1.29 is 22.6 Å². The number of fused-ring (bicyclic) bond motifs is 1. The van der Waals surface area contributed by atoms with Crippen LogP contribution in [0.15, 0.2) is 23.2 Å². The SMILES string of the molecule is I.NC(=NCC1(C(F)(F)F)CCC1)Nc1ccc2c(c1)OCCCO2. The summed E-state index contributed by atoms with van der Waals surface area (Å²) in [7, 11) is 0. The van der Waals surface area contributed by atoms with Crippen LogP contribution in [0.1, 0.15) is 25.7 Å². The van der Waals surface area contributed by atoms with Gasteiger partial charge in [-0.05, 0) is 25.0 Å². The molecule has 2 aliphatic rings. The first-order valence-corrected chi connectivity index (χ1v) is 7.93. The zero-order valence-electron chi connectivity index (χ0n) is 13.6. The minimum Gasteiger partial charge on any atom is -0.490 e. The first-order valence-electron chi connectivity index (χ1n) is 7.93. The molecule has 0 amide bonds. The van der Waals surface area contributed by atoms with Crippen LogP contribution < -0.4 is 20.5 Å². The number of guanidine groups is 1. The molecule has 25 heavy (non-hydrogen) atoms. The molecular weight excluding hydrogens is 450 g/mol. The van der Waals surface area contributed by atoms with Crippen molar-refractivity contribution in [1.29, 1.82) is 0 Å². The van der Waals surface area contributed by atoms with Crippen LogP contribution in [0.4, 0.5) is 18.9 Å². The maximum atomic E-state index is 13.1. The predicted octanol–water partition coefficient (Wildman–Crippen LogP) is 3.93. The summed E-state index contributed by atoms with van der Waals surface area (Å²) in [6.45, 7) is 0.789. The molecule has 140 valence electrons. The molecular formula is C16H21F3IN3O2. The number of alkyl halides is 3. The first kappa shape index (κ1) is 19.9. The van der Waals surface area contributed by atoms with Crippen molar-refractivity contribution in [2.24, 2.45) is 16.1 Å². The summed E-state index contributed by atoms with van der Waals surface area (Å²) < 4.78 is 50.4. The number of hydrogen-bond donors (Lipinski definition) is 2. The van der Waals surface area contributed by atoms with Gasteiger partial charge in [0.2, 0.25) is 0 Å². The molecule has 1 heterocycles. The van der Waals surface area contributed by atoms with Crippen molar-refractivity contribution in [2.45, 2.75) is 31.9 Å². The zero-order valence-corrected chi connectivity index (χ0v) is 15.9. The normalized spacial score (nSPS) is 19.2. The van der Waals surface area contributed by atoms with E-state index in [9.17, 15) is 13.2 Å². The average Bonchev–Trinajstić information content (AvgIpc) is 2.69. The largest absolute Gasteiger partial charge is 0.490 e. The van der Waals surface area contributed by atoms with Gasteiger partial charge in [0, 0.05) is 18.2 Å². The van der Waals surface area contributed by atoms with Gasteiger partial charge >= 0.3 is 6.18 Å². The van der Waals surface area contributed by atoms with Crippen molar-refractivity contribution in [1.82, 2.24) is 0 Å². The molecule has 3 N–H and O–H groups in total. The molecule has 1 fully saturated rings. The number of halogens is 4. The minimum atomic E-state index is -4.25. The van der Waals surface area contributed by atoms with Crippen molar-refractivity contribution >= 4 is 35.6 Å². The van der Waals surface area contributed by atoms with E-state index in [2.05, 4.69) is 10.3 Å². The number of nitrogens with one attached hydrogen (secondary N) is 1.